The van der Waals surface area contributed by atoms with Gasteiger partial charge in [0.25, 0.3) is 0 Å². The first-order chi connectivity index (χ1) is 17.4. The number of phenolic OH excluding ortho intramolecular Hbond substituents is 1. The summed E-state index contributed by atoms with van der Waals surface area (Å²) >= 11 is 12.3. The molecular formula is C27H34Cl5N5O2. The molecule has 5 rings (SSSR count). The van der Waals surface area contributed by atoms with Crippen molar-refractivity contribution in [1.29, 1.82) is 0 Å². The number of carbonyl (C=O) groups is 1. The lowest BCUT2D eigenvalue weighted by atomic mass is 9.85. The lowest BCUT2D eigenvalue weighted by molar-refractivity contribution is 0.101. The molecule has 3 heterocycles. The number of hydrogen-bond donors (Lipinski definition) is 3. The van der Waals surface area contributed by atoms with Crippen molar-refractivity contribution in [2.75, 3.05) is 38.0 Å². The van der Waals surface area contributed by atoms with Gasteiger partial charge in [-0.2, -0.15) is 0 Å². The fourth-order valence-electron chi connectivity index (χ4n) is 5.31. The Morgan fingerprint density at radius 3 is 2.33 bits per heavy atom. The summed E-state index contributed by atoms with van der Waals surface area (Å²) in [5.41, 5.74) is 3.93. The van der Waals surface area contributed by atoms with Crippen LogP contribution in [0.1, 0.15) is 43.0 Å². The minimum atomic E-state index is -0.154. The zero-order valence-electron chi connectivity index (χ0n) is 21.6. The average molecular weight is 638 g/mol. The number of nitrogens with zero attached hydrogens (tertiary/aromatic N) is 3. The largest absolute Gasteiger partial charge is 0.505 e. The maximum Gasteiger partial charge on any atom is 0.163 e. The van der Waals surface area contributed by atoms with Crippen LogP contribution in [0.2, 0.25) is 10.0 Å². The van der Waals surface area contributed by atoms with E-state index in [2.05, 4.69) is 20.5 Å². The fraction of sp³-hybridized carbons (Fsp3) is 0.444. The Morgan fingerprint density at radius 1 is 1.08 bits per heavy atom. The van der Waals surface area contributed by atoms with Crippen molar-refractivity contribution in [1.82, 2.24) is 20.2 Å². The Bertz CT molecular complexity index is 1260. The summed E-state index contributed by atoms with van der Waals surface area (Å²) in [6, 6.07) is 7.26. The molecule has 12 heteroatoms. The monoisotopic (exact) mass is 635 g/mol. The van der Waals surface area contributed by atoms with Crippen LogP contribution in [0.3, 0.4) is 0 Å². The lowest BCUT2D eigenvalue weighted by Gasteiger charge is -2.35. The van der Waals surface area contributed by atoms with Crippen LogP contribution in [-0.2, 0) is 0 Å². The molecule has 0 unspecified atom stereocenters. The van der Waals surface area contributed by atoms with E-state index in [-0.39, 0.29) is 64.8 Å². The molecule has 39 heavy (non-hydrogen) atoms. The molecule has 0 atom stereocenters. The van der Waals surface area contributed by atoms with Crippen molar-refractivity contribution in [2.45, 2.75) is 38.6 Å². The van der Waals surface area contributed by atoms with Crippen molar-refractivity contribution in [3.05, 3.63) is 46.1 Å². The van der Waals surface area contributed by atoms with Gasteiger partial charge in [-0.3, -0.25) is 9.78 Å². The number of nitrogens with one attached hydrogen (secondary N) is 2. The number of ketones is 1. The second kappa shape index (κ2) is 14.9. The zero-order chi connectivity index (χ0) is 25.2. The number of benzene rings is 1. The number of hydrogen-bond acceptors (Lipinski definition) is 7. The minimum absolute atomic E-state index is 0. The molecular weight excluding hydrogens is 604 g/mol. The first-order valence-corrected chi connectivity index (χ1v) is 13.3. The van der Waals surface area contributed by atoms with Crippen LogP contribution >= 0.6 is 60.4 Å². The van der Waals surface area contributed by atoms with E-state index in [1.54, 1.807) is 25.3 Å². The highest BCUT2D eigenvalue weighted by atomic mass is 35.5. The van der Waals surface area contributed by atoms with Crippen LogP contribution in [0.4, 0.5) is 5.69 Å². The molecule has 0 amide bonds. The van der Waals surface area contributed by atoms with Crippen LogP contribution in [0.15, 0.2) is 30.5 Å². The first kappa shape index (κ1) is 33.6. The third-order valence-corrected chi connectivity index (χ3v) is 7.90. The van der Waals surface area contributed by atoms with Crippen molar-refractivity contribution in [2.24, 2.45) is 5.92 Å². The number of fused-ring (bicyclic) bond motifs is 1. The van der Waals surface area contributed by atoms with Crippen LogP contribution in [0.25, 0.3) is 22.3 Å². The summed E-state index contributed by atoms with van der Waals surface area (Å²) in [7, 11) is 0. The van der Waals surface area contributed by atoms with E-state index in [0.29, 0.717) is 27.9 Å². The van der Waals surface area contributed by atoms with Crippen molar-refractivity contribution in [3.8, 4) is 17.0 Å². The molecule has 2 aromatic heterocycles. The summed E-state index contributed by atoms with van der Waals surface area (Å²) in [6.45, 7) is 7.16. The maximum atomic E-state index is 12.5. The number of aromatic nitrogens is 2. The van der Waals surface area contributed by atoms with Gasteiger partial charge in [0.2, 0.25) is 0 Å². The van der Waals surface area contributed by atoms with Gasteiger partial charge in [0.15, 0.2) is 11.5 Å². The standard InChI is InChI=1S/C27H31Cl2N5O2.3ClH/c1-16(35)20-14-31-24-7-6-23(18-12-21(28)27(36)22(29)13-18)33-26(24)25(20)32-19-4-2-17(3-5-19)15-34-10-8-30-9-11-34;;;/h6-7,12-14,17,19,30,36H,2-5,8-11,15H2,1H3,(H,31,32);3*1H. The number of phenols is 1. The molecule has 1 aromatic carbocycles. The van der Waals surface area contributed by atoms with Gasteiger partial charge in [-0.15, -0.1) is 37.2 Å². The number of halogens is 5. The van der Waals surface area contributed by atoms with Gasteiger partial charge >= 0.3 is 0 Å². The number of anilines is 1. The highest BCUT2D eigenvalue weighted by molar-refractivity contribution is 6.37. The Balaban J connectivity index is 0.00000178. The van der Waals surface area contributed by atoms with Gasteiger partial charge in [-0.05, 0) is 62.8 Å². The molecule has 3 aromatic rings. The molecule has 0 radical (unpaired) electrons. The summed E-state index contributed by atoms with van der Waals surface area (Å²) in [5.74, 6) is 0.511. The van der Waals surface area contributed by atoms with Crippen LogP contribution in [0, 0.1) is 5.92 Å². The molecule has 214 valence electrons. The lowest BCUT2D eigenvalue weighted by Crippen LogP contribution is -2.45. The van der Waals surface area contributed by atoms with E-state index in [1.807, 2.05) is 12.1 Å². The van der Waals surface area contributed by atoms with Crippen LogP contribution in [0.5, 0.6) is 5.75 Å². The SMILES string of the molecule is CC(=O)c1cnc2ccc(-c3cc(Cl)c(O)c(Cl)c3)nc2c1NC1CCC(CN2CCNCC2)CC1.Cl.Cl.Cl. The highest BCUT2D eigenvalue weighted by Gasteiger charge is 2.25. The Labute approximate surface area is 257 Å². The van der Waals surface area contributed by atoms with Crippen molar-refractivity contribution >= 4 is 82.9 Å². The molecule has 1 saturated heterocycles. The topological polar surface area (TPSA) is 90.4 Å². The second-order valence-corrected chi connectivity index (χ2v) is 10.7. The Kier molecular flexibility index (Phi) is 12.8. The van der Waals surface area contributed by atoms with Gasteiger partial charge in [-0.1, -0.05) is 23.2 Å². The summed E-state index contributed by atoms with van der Waals surface area (Å²) in [5, 5.41) is 17.3. The van der Waals surface area contributed by atoms with E-state index in [1.165, 1.54) is 19.4 Å². The van der Waals surface area contributed by atoms with E-state index < -0.39 is 0 Å². The molecule has 7 nitrogen and oxygen atoms in total. The van der Waals surface area contributed by atoms with Gasteiger partial charge in [-0.25, -0.2) is 4.98 Å². The van der Waals surface area contributed by atoms with Crippen molar-refractivity contribution < 1.29 is 9.90 Å². The number of carbonyl (C=O) groups excluding carboxylic acids is 1. The van der Waals surface area contributed by atoms with Crippen LogP contribution in [-0.4, -0.2) is 64.5 Å². The number of aromatic hydroxyl groups is 1. The fourth-order valence-corrected chi connectivity index (χ4v) is 5.79. The third kappa shape index (κ3) is 7.79. The Hall–Kier alpha value is -1.58. The normalized spacial score (nSPS) is 19.4. The third-order valence-electron chi connectivity index (χ3n) is 7.33. The Morgan fingerprint density at radius 2 is 1.72 bits per heavy atom. The molecule has 2 fully saturated rings. The molecule has 1 aliphatic carbocycles. The zero-order valence-corrected chi connectivity index (χ0v) is 25.5. The number of pyridine rings is 2. The maximum absolute atomic E-state index is 12.5. The van der Waals surface area contributed by atoms with Gasteiger partial charge in [0.1, 0.15) is 5.52 Å². The average Bonchev–Trinajstić information content (AvgIpc) is 2.88. The second-order valence-electron chi connectivity index (χ2n) is 9.87. The quantitative estimate of drug-likeness (QED) is 0.261. The molecule has 0 bridgehead atoms. The van der Waals surface area contributed by atoms with Gasteiger partial charge in [0.05, 0.1) is 32.5 Å². The summed E-state index contributed by atoms with van der Waals surface area (Å²) in [4.78, 5) is 24.5. The van der Waals surface area contributed by atoms with Crippen LogP contribution < -0.4 is 10.6 Å². The molecule has 2 aliphatic rings. The minimum Gasteiger partial charge on any atom is -0.505 e. The van der Waals surface area contributed by atoms with E-state index >= 15 is 0 Å². The van der Waals surface area contributed by atoms with Crippen molar-refractivity contribution in [3.63, 3.8) is 0 Å². The molecule has 0 spiro atoms. The molecule has 3 N–H and O–H groups in total. The number of Topliss-reactive ketones (excluding diaryl/α,β-unsaturated/α-hetero) is 1. The highest BCUT2D eigenvalue weighted by Crippen LogP contribution is 2.37. The summed E-state index contributed by atoms with van der Waals surface area (Å²) < 4.78 is 0. The number of piperazine rings is 1. The molecule has 1 saturated carbocycles. The van der Waals surface area contributed by atoms with E-state index in [4.69, 9.17) is 28.2 Å². The summed E-state index contributed by atoms with van der Waals surface area (Å²) in [6.07, 6.45) is 6.09. The first-order valence-electron chi connectivity index (χ1n) is 12.6. The van der Waals surface area contributed by atoms with E-state index in [0.717, 1.165) is 50.6 Å². The number of rotatable bonds is 6. The van der Waals surface area contributed by atoms with E-state index in [9.17, 15) is 9.90 Å². The molecule has 1 aliphatic heterocycles. The predicted molar refractivity (Wildman–Crippen MR) is 167 cm³/mol. The van der Waals surface area contributed by atoms with Gasteiger partial charge < -0.3 is 20.6 Å². The predicted octanol–water partition coefficient (Wildman–Crippen LogP) is 6.65. The smallest absolute Gasteiger partial charge is 0.163 e. The van der Waals surface area contributed by atoms with Gasteiger partial charge in [0, 0.05) is 50.5 Å².